The van der Waals surface area contributed by atoms with Crippen LogP contribution in [0.3, 0.4) is 0 Å². The molecule has 1 aliphatic rings. The predicted molar refractivity (Wildman–Crippen MR) is 81.6 cm³/mol. The van der Waals surface area contributed by atoms with Gasteiger partial charge in [0.15, 0.2) is 0 Å². The lowest BCUT2D eigenvalue weighted by atomic mass is 9.97. The minimum atomic E-state index is -0.385. The van der Waals surface area contributed by atoms with E-state index in [1.807, 2.05) is 19.1 Å². The molecule has 5 nitrogen and oxygen atoms in total. The number of hydrogen-bond donors (Lipinski definition) is 2. The topological polar surface area (TPSA) is 77.2 Å². The largest absolute Gasteiger partial charge is 0.364 e. The van der Waals surface area contributed by atoms with Crippen molar-refractivity contribution in [1.82, 2.24) is 10.3 Å². The van der Waals surface area contributed by atoms with Crippen molar-refractivity contribution in [3.63, 3.8) is 0 Å². The van der Waals surface area contributed by atoms with Gasteiger partial charge in [0.25, 0.3) is 0 Å². The average Bonchev–Trinajstić information content (AvgIpc) is 2.94. The quantitative estimate of drug-likeness (QED) is 0.866. The van der Waals surface area contributed by atoms with Gasteiger partial charge in [-0.15, -0.1) is 0 Å². The molecule has 1 aliphatic heterocycles. The fraction of sp³-hybridized carbons (Fsp3) is 0.625. The van der Waals surface area contributed by atoms with E-state index in [9.17, 15) is 4.79 Å². The van der Waals surface area contributed by atoms with Crippen molar-refractivity contribution in [2.75, 3.05) is 6.54 Å². The maximum Gasteiger partial charge on any atom is 0.249 e. The molecule has 0 radical (unpaired) electrons. The number of carbonyl (C=O) groups is 1. The highest BCUT2D eigenvalue weighted by Crippen LogP contribution is 2.25. The van der Waals surface area contributed by atoms with Crippen molar-refractivity contribution < 1.29 is 9.53 Å². The van der Waals surface area contributed by atoms with Gasteiger partial charge in [-0.1, -0.05) is 19.9 Å². The number of aromatic nitrogens is 1. The third-order valence-electron chi connectivity index (χ3n) is 3.97. The second-order valence-electron chi connectivity index (χ2n) is 6.00. The van der Waals surface area contributed by atoms with E-state index in [1.165, 1.54) is 0 Å². The Bertz CT molecular complexity index is 490. The van der Waals surface area contributed by atoms with Crippen molar-refractivity contribution in [1.29, 1.82) is 0 Å². The monoisotopic (exact) mass is 291 g/mol. The SMILES string of the molecule is Cc1cccnc1C(NC(=O)[C@@H]1CC[C@H](CN)O1)C(C)C. The van der Waals surface area contributed by atoms with Crippen LogP contribution >= 0.6 is 0 Å². The number of pyridine rings is 1. The number of nitrogens with zero attached hydrogens (tertiary/aromatic N) is 1. The maximum atomic E-state index is 12.4. The minimum absolute atomic E-state index is 0.00911. The van der Waals surface area contributed by atoms with Gasteiger partial charge >= 0.3 is 0 Å². The maximum absolute atomic E-state index is 12.4. The van der Waals surface area contributed by atoms with Crippen LogP contribution in [-0.4, -0.2) is 29.6 Å². The van der Waals surface area contributed by atoms with Gasteiger partial charge in [-0.3, -0.25) is 9.78 Å². The minimum Gasteiger partial charge on any atom is -0.364 e. The van der Waals surface area contributed by atoms with Gasteiger partial charge in [-0.05, 0) is 37.3 Å². The summed E-state index contributed by atoms with van der Waals surface area (Å²) in [6.45, 7) is 6.64. The van der Waals surface area contributed by atoms with Gasteiger partial charge in [0, 0.05) is 12.7 Å². The summed E-state index contributed by atoms with van der Waals surface area (Å²) in [6.07, 6.45) is 2.97. The second kappa shape index (κ2) is 7.00. The van der Waals surface area contributed by atoms with E-state index < -0.39 is 0 Å². The lowest BCUT2D eigenvalue weighted by molar-refractivity contribution is -0.133. The number of nitrogens with two attached hydrogens (primary N) is 1. The molecule has 0 saturated carbocycles. The first-order valence-electron chi connectivity index (χ1n) is 7.60. The van der Waals surface area contributed by atoms with Crippen LogP contribution in [0, 0.1) is 12.8 Å². The molecule has 1 aromatic heterocycles. The van der Waals surface area contributed by atoms with Crippen LogP contribution in [0.2, 0.25) is 0 Å². The smallest absolute Gasteiger partial charge is 0.249 e. The predicted octanol–water partition coefficient (Wildman–Crippen LogP) is 1.71. The van der Waals surface area contributed by atoms with Gasteiger partial charge in [-0.25, -0.2) is 0 Å². The summed E-state index contributed by atoms with van der Waals surface area (Å²) in [5.41, 5.74) is 7.60. The van der Waals surface area contributed by atoms with Gasteiger partial charge < -0.3 is 15.8 Å². The van der Waals surface area contributed by atoms with E-state index in [0.717, 1.165) is 24.1 Å². The summed E-state index contributed by atoms with van der Waals surface area (Å²) in [5.74, 6) is 0.198. The van der Waals surface area contributed by atoms with Crippen molar-refractivity contribution in [3.8, 4) is 0 Å². The Labute approximate surface area is 126 Å². The lowest BCUT2D eigenvalue weighted by Crippen LogP contribution is -2.40. The number of rotatable bonds is 5. The van der Waals surface area contributed by atoms with Gasteiger partial charge in [-0.2, -0.15) is 0 Å². The number of aryl methyl sites for hydroxylation is 1. The first kappa shape index (κ1) is 15.9. The van der Waals surface area contributed by atoms with Crippen molar-refractivity contribution in [2.24, 2.45) is 11.7 Å². The zero-order valence-electron chi connectivity index (χ0n) is 13.0. The summed E-state index contributed by atoms with van der Waals surface area (Å²) in [6, 6.07) is 3.82. The summed E-state index contributed by atoms with van der Waals surface area (Å²) in [4.78, 5) is 16.8. The van der Waals surface area contributed by atoms with E-state index in [2.05, 4.69) is 24.1 Å². The Balaban J connectivity index is 2.07. The second-order valence-corrected chi connectivity index (χ2v) is 6.00. The molecule has 0 spiro atoms. The highest BCUT2D eigenvalue weighted by Gasteiger charge is 2.32. The molecule has 2 rings (SSSR count). The van der Waals surface area contributed by atoms with E-state index in [0.29, 0.717) is 6.54 Å². The number of amides is 1. The van der Waals surface area contributed by atoms with Crippen molar-refractivity contribution in [2.45, 2.75) is 51.9 Å². The molecule has 1 fully saturated rings. The lowest BCUT2D eigenvalue weighted by Gasteiger charge is -2.25. The molecule has 3 N–H and O–H groups in total. The molecule has 1 saturated heterocycles. The number of carbonyl (C=O) groups excluding carboxylic acids is 1. The summed E-state index contributed by atoms with van der Waals surface area (Å²) < 4.78 is 5.66. The van der Waals surface area contributed by atoms with Crippen LogP contribution in [0.4, 0.5) is 0 Å². The third kappa shape index (κ3) is 3.80. The summed E-state index contributed by atoms with van der Waals surface area (Å²) in [7, 11) is 0. The molecule has 21 heavy (non-hydrogen) atoms. The average molecular weight is 291 g/mol. The summed E-state index contributed by atoms with van der Waals surface area (Å²) >= 11 is 0. The van der Waals surface area contributed by atoms with Gasteiger partial charge in [0.1, 0.15) is 6.10 Å². The molecule has 1 unspecified atom stereocenters. The molecule has 2 heterocycles. The first-order valence-corrected chi connectivity index (χ1v) is 7.60. The Morgan fingerprint density at radius 1 is 1.52 bits per heavy atom. The standard InChI is InChI=1S/C16H25N3O2/c1-10(2)14(15-11(3)5-4-8-18-15)19-16(20)13-7-6-12(9-17)21-13/h4-5,8,10,12-14H,6-7,9,17H2,1-3H3,(H,19,20)/t12-,13+,14?/m1/s1. The number of hydrogen-bond acceptors (Lipinski definition) is 4. The van der Waals surface area contributed by atoms with E-state index in [4.69, 9.17) is 10.5 Å². The molecule has 1 amide bonds. The highest BCUT2D eigenvalue weighted by atomic mass is 16.5. The van der Waals surface area contributed by atoms with Crippen molar-refractivity contribution >= 4 is 5.91 Å². The fourth-order valence-corrected chi connectivity index (χ4v) is 2.69. The number of ether oxygens (including phenoxy) is 1. The molecule has 0 bridgehead atoms. The van der Waals surface area contributed by atoms with Crippen molar-refractivity contribution in [3.05, 3.63) is 29.6 Å². The van der Waals surface area contributed by atoms with Gasteiger partial charge in [0.2, 0.25) is 5.91 Å². The zero-order valence-corrected chi connectivity index (χ0v) is 13.0. The Kier molecular flexibility index (Phi) is 5.31. The Morgan fingerprint density at radius 3 is 2.86 bits per heavy atom. The van der Waals surface area contributed by atoms with E-state index in [1.54, 1.807) is 6.20 Å². The fourth-order valence-electron chi connectivity index (χ4n) is 2.69. The zero-order chi connectivity index (χ0) is 15.4. The molecule has 0 aliphatic carbocycles. The molecule has 0 aromatic carbocycles. The molecular weight excluding hydrogens is 266 g/mol. The summed E-state index contributed by atoms with van der Waals surface area (Å²) in [5, 5.41) is 3.09. The van der Waals surface area contributed by atoms with Crippen LogP contribution in [0.1, 0.15) is 44.0 Å². The highest BCUT2D eigenvalue weighted by molar-refractivity contribution is 5.81. The van der Waals surface area contributed by atoms with E-state index in [-0.39, 0.29) is 30.1 Å². The number of nitrogens with one attached hydrogen (secondary N) is 1. The van der Waals surface area contributed by atoms with Crippen LogP contribution in [0.5, 0.6) is 0 Å². The first-order chi connectivity index (χ1) is 10.0. The van der Waals surface area contributed by atoms with Crippen LogP contribution in [0.25, 0.3) is 0 Å². The van der Waals surface area contributed by atoms with Crippen LogP contribution in [-0.2, 0) is 9.53 Å². The molecule has 5 heteroatoms. The molecular formula is C16H25N3O2. The molecule has 1 aromatic rings. The van der Waals surface area contributed by atoms with Crippen LogP contribution in [0.15, 0.2) is 18.3 Å². The molecule has 116 valence electrons. The molecule has 3 atom stereocenters. The third-order valence-corrected chi connectivity index (χ3v) is 3.97. The van der Waals surface area contributed by atoms with Gasteiger partial charge in [0.05, 0.1) is 17.8 Å². The Morgan fingerprint density at radius 2 is 2.29 bits per heavy atom. The van der Waals surface area contributed by atoms with Crippen LogP contribution < -0.4 is 11.1 Å². The van der Waals surface area contributed by atoms with E-state index >= 15 is 0 Å². The Hall–Kier alpha value is -1.46. The normalized spacial score (nSPS) is 23.3.